The molecule has 0 radical (unpaired) electrons. The van der Waals surface area contributed by atoms with Crippen LogP contribution in [0.1, 0.15) is 59.6 Å². The lowest BCUT2D eigenvalue weighted by Crippen LogP contribution is -2.28. The van der Waals surface area contributed by atoms with Crippen molar-refractivity contribution in [3.8, 4) is 22.3 Å². The molecule has 6 aromatic carbocycles. The fraction of sp³-hybridized carbons (Fsp3) is 0.0926. The van der Waals surface area contributed by atoms with Crippen molar-refractivity contribution >= 4 is 50.2 Å². The van der Waals surface area contributed by atoms with Crippen molar-refractivity contribution in [2.45, 2.75) is 31.6 Å². The van der Waals surface area contributed by atoms with Gasteiger partial charge in [-0.1, -0.05) is 141 Å². The van der Waals surface area contributed by atoms with Gasteiger partial charge in [0.05, 0.1) is 11.0 Å². The number of allylic oxidation sites excluding steroid dienone is 9. The predicted molar refractivity (Wildman–Crippen MR) is 242 cm³/mol. The summed E-state index contributed by atoms with van der Waals surface area (Å²) in [6, 6.07) is 52.0. The Kier molecular flexibility index (Phi) is 8.38. The molecule has 0 bridgehead atoms. The maximum Gasteiger partial charge on any atom is 0.219 e. The number of benzene rings is 6. The van der Waals surface area contributed by atoms with E-state index in [0.29, 0.717) is 0 Å². The van der Waals surface area contributed by atoms with Gasteiger partial charge < -0.3 is 0 Å². The van der Waals surface area contributed by atoms with Crippen LogP contribution in [-0.4, -0.2) is 6.21 Å². The van der Waals surface area contributed by atoms with Crippen LogP contribution in [0.5, 0.6) is 0 Å². The summed E-state index contributed by atoms with van der Waals surface area (Å²) in [5.41, 5.74) is 18.0. The van der Waals surface area contributed by atoms with Crippen LogP contribution in [0.2, 0.25) is 0 Å². The zero-order valence-corrected chi connectivity index (χ0v) is 32.6. The van der Waals surface area contributed by atoms with Crippen LogP contribution in [0.25, 0.3) is 43.5 Å². The number of rotatable bonds is 2. The van der Waals surface area contributed by atoms with Crippen molar-refractivity contribution in [1.82, 2.24) is 4.58 Å². The van der Waals surface area contributed by atoms with Crippen LogP contribution in [0, 0.1) is 0 Å². The molecule has 1 unspecified atom stereocenters. The Morgan fingerprint density at radius 3 is 2.16 bits per heavy atom. The normalized spacial score (nSPS) is 19.9. The average Bonchev–Trinajstić information content (AvgIpc) is 3.84. The van der Waals surface area contributed by atoms with E-state index < -0.39 is 0 Å². The Balaban J connectivity index is 1.28. The standard InChI is InChI=1S/C54H42NS/c1-36-15-5-4-14-30-54(49-21-11-8-18-46(49)47-19-9-12-22-50(47)54)51-35-42(25-26-43(36)51)55-31-28-40(39-24-27-53-41(34-39)29-32-56-53)33-37(2)38(3)44-16-6-7-17-45(44)48-20-10-13-23-52(48)55/h4-29,31-36H,3,30H2,1-2H3/q+1/b14-4-,15-5-,37-33+,40-28+,55-31?. The van der Waals surface area contributed by atoms with Crippen molar-refractivity contribution in [2.24, 2.45) is 0 Å². The molecule has 2 heteroatoms. The van der Waals surface area contributed by atoms with Gasteiger partial charge in [-0.25, -0.2) is 0 Å². The van der Waals surface area contributed by atoms with Crippen LogP contribution in [0.15, 0.2) is 194 Å². The van der Waals surface area contributed by atoms with Gasteiger partial charge in [0.15, 0.2) is 6.21 Å². The van der Waals surface area contributed by atoms with E-state index in [-0.39, 0.29) is 11.3 Å². The van der Waals surface area contributed by atoms with E-state index in [1.807, 2.05) is 0 Å². The van der Waals surface area contributed by atoms with Crippen molar-refractivity contribution in [3.63, 3.8) is 0 Å². The molecule has 268 valence electrons. The van der Waals surface area contributed by atoms with Gasteiger partial charge >= 0.3 is 0 Å². The molecule has 2 heterocycles. The van der Waals surface area contributed by atoms with E-state index in [1.54, 1.807) is 11.3 Å². The SMILES string of the molecule is C=C1/C(C)=C/C(c2ccc3sccc3c2)=C\C=[N+](c2ccc3c(c2)C2(C/C=C\C=C/C3C)c3ccccc3-c3ccccc32)c2ccccc2-c2ccccc21. The first-order valence-electron chi connectivity index (χ1n) is 19.6. The predicted octanol–water partition coefficient (Wildman–Crippen LogP) is 14.5. The maximum absolute atomic E-state index is 4.69. The minimum Gasteiger partial charge on any atom is -0.160 e. The summed E-state index contributed by atoms with van der Waals surface area (Å²) < 4.78 is 3.71. The Morgan fingerprint density at radius 2 is 1.38 bits per heavy atom. The monoisotopic (exact) mass is 736 g/mol. The molecule has 56 heavy (non-hydrogen) atoms. The Bertz CT molecular complexity index is 2840. The van der Waals surface area contributed by atoms with Crippen LogP contribution in [0.4, 0.5) is 11.4 Å². The molecule has 1 nitrogen and oxygen atoms in total. The van der Waals surface area contributed by atoms with E-state index in [2.05, 4.69) is 213 Å². The third-order valence-electron chi connectivity index (χ3n) is 12.1. The van der Waals surface area contributed by atoms with Gasteiger partial charge in [0.25, 0.3) is 0 Å². The minimum atomic E-state index is -0.357. The van der Waals surface area contributed by atoms with Crippen LogP contribution in [0.3, 0.4) is 0 Å². The zero-order valence-electron chi connectivity index (χ0n) is 31.7. The van der Waals surface area contributed by atoms with Crippen molar-refractivity contribution in [1.29, 1.82) is 0 Å². The molecule has 0 saturated carbocycles. The largest absolute Gasteiger partial charge is 0.219 e. The lowest BCUT2D eigenvalue weighted by Gasteiger charge is -2.34. The summed E-state index contributed by atoms with van der Waals surface area (Å²) in [6.07, 6.45) is 16.9. The molecular weight excluding hydrogens is 695 g/mol. The van der Waals surface area contributed by atoms with Gasteiger partial charge in [-0.05, 0) is 121 Å². The number of hydrogen-bond acceptors (Lipinski definition) is 1. The highest BCUT2D eigenvalue weighted by Crippen LogP contribution is 2.56. The third kappa shape index (κ3) is 5.47. The Morgan fingerprint density at radius 1 is 0.679 bits per heavy atom. The number of hydrogen-bond donors (Lipinski definition) is 0. The molecule has 1 atom stereocenters. The second-order valence-corrected chi connectivity index (χ2v) is 16.2. The molecule has 1 aliphatic heterocycles. The second-order valence-electron chi connectivity index (χ2n) is 15.3. The first-order valence-corrected chi connectivity index (χ1v) is 20.4. The fourth-order valence-corrected chi connectivity index (χ4v) is 10.1. The maximum atomic E-state index is 4.69. The molecule has 1 aromatic heterocycles. The zero-order chi connectivity index (χ0) is 37.8. The number of thiophene rings is 1. The van der Waals surface area contributed by atoms with Gasteiger partial charge in [-0.2, -0.15) is 4.58 Å². The highest BCUT2D eigenvalue weighted by Gasteiger charge is 2.45. The highest BCUT2D eigenvalue weighted by molar-refractivity contribution is 7.17. The van der Waals surface area contributed by atoms with E-state index in [4.69, 9.17) is 0 Å². The van der Waals surface area contributed by atoms with Crippen LogP contribution < -0.4 is 4.58 Å². The lowest BCUT2D eigenvalue weighted by molar-refractivity contribution is 0.633. The van der Waals surface area contributed by atoms with Gasteiger partial charge in [-0.15, -0.1) is 11.3 Å². The molecule has 10 rings (SSSR count). The van der Waals surface area contributed by atoms with Crippen LogP contribution >= 0.6 is 11.3 Å². The van der Waals surface area contributed by atoms with Gasteiger partial charge in [-0.3, -0.25) is 0 Å². The summed E-state index contributed by atoms with van der Waals surface area (Å²) in [4.78, 5) is 0. The topological polar surface area (TPSA) is 3.01 Å². The highest BCUT2D eigenvalue weighted by atomic mass is 32.1. The lowest BCUT2D eigenvalue weighted by atomic mass is 9.67. The second kappa shape index (κ2) is 13.7. The van der Waals surface area contributed by atoms with Crippen molar-refractivity contribution in [2.75, 3.05) is 0 Å². The Labute approximate surface area is 334 Å². The van der Waals surface area contributed by atoms with Crippen molar-refractivity contribution in [3.05, 3.63) is 227 Å². The molecular formula is C54H42NS+. The molecule has 7 aromatic rings. The molecule has 3 aliphatic rings. The number of nitrogens with zero attached hydrogens (tertiary/aromatic N) is 1. The first kappa shape index (κ1) is 34.2. The van der Waals surface area contributed by atoms with Gasteiger partial charge in [0, 0.05) is 29.0 Å². The van der Waals surface area contributed by atoms with E-state index in [0.717, 1.165) is 40.1 Å². The smallest absolute Gasteiger partial charge is 0.160 e. The van der Waals surface area contributed by atoms with Crippen molar-refractivity contribution < 1.29 is 0 Å². The molecule has 0 fully saturated rings. The molecule has 0 saturated heterocycles. The molecule has 0 N–H and O–H groups in total. The van der Waals surface area contributed by atoms with E-state index >= 15 is 0 Å². The van der Waals surface area contributed by atoms with E-state index in [1.165, 1.54) is 60.2 Å². The summed E-state index contributed by atoms with van der Waals surface area (Å²) >= 11 is 1.78. The summed E-state index contributed by atoms with van der Waals surface area (Å²) in [5.74, 6) is 0.224. The quantitative estimate of drug-likeness (QED) is 0.156. The van der Waals surface area contributed by atoms with Gasteiger partial charge in [0.1, 0.15) is 0 Å². The minimum absolute atomic E-state index is 0.224. The first-order chi connectivity index (χ1) is 27.5. The molecule has 0 amide bonds. The fourth-order valence-electron chi connectivity index (χ4n) is 9.32. The number of para-hydroxylation sites is 1. The van der Waals surface area contributed by atoms with E-state index in [9.17, 15) is 0 Å². The third-order valence-corrected chi connectivity index (χ3v) is 13.0. The molecule has 1 spiro atoms. The molecule has 2 aliphatic carbocycles. The summed E-state index contributed by atoms with van der Waals surface area (Å²) in [6.45, 7) is 9.21. The van der Waals surface area contributed by atoms with Crippen LogP contribution in [-0.2, 0) is 5.41 Å². The average molecular weight is 737 g/mol. The van der Waals surface area contributed by atoms with Gasteiger partial charge in [0.2, 0.25) is 11.4 Å². The Hall–Kier alpha value is -6.35. The number of fused-ring (bicyclic) bond motifs is 11. The summed E-state index contributed by atoms with van der Waals surface area (Å²) in [5, 5.41) is 3.44. The summed E-state index contributed by atoms with van der Waals surface area (Å²) in [7, 11) is 0.